The summed E-state index contributed by atoms with van der Waals surface area (Å²) in [5.74, 6) is 1.56. The molecule has 1 amide bonds. The van der Waals surface area contributed by atoms with Crippen LogP contribution >= 0.6 is 0 Å². The molecule has 0 radical (unpaired) electrons. The SMILES string of the molecule is Cc1cc2nc(Cc3ccc(F)cc3)n([C@H](C)C(=O)Nc3ccc4c(c3)OCO4)c2cc1C. The van der Waals surface area contributed by atoms with Crippen LogP contribution in [-0.4, -0.2) is 22.3 Å². The molecule has 1 aliphatic heterocycles. The number of nitrogens with one attached hydrogen (secondary N) is 1. The van der Waals surface area contributed by atoms with Gasteiger partial charge < -0.3 is 19.4 Å². The molecular weight excluding hydrogens is 421 g/mol. The number of halogens is 1. The topological polar surface area (TPSA) is 65.4 Å². The second-order valence-corrected chi connectivity index (χ2v) is 8.36. The number of benzene rings is 3. The fourth-order valence-electron chi connectivity index (χ4n) is 4.08. The molecule has 0 saturated carbocycles. The van der Waals surface area contributed by atoms with Gasteiger partial charge in [0.15, 0.2) is 11.5 Å². The van der Waals surface area contributed by atoms with E-state index in [0.717, 1.165) is 33.5 Å². The van der Waals surface area contributed by atoms with Crippen molar-refractivity contribution in [3.05, 3.63) is 82.9 Å². The predicted octanol–water partition coefficient (Wildman–Crippen LogP) is 5.31. The number of carbonyl (C=O) groups is 1. The van der Waals surface area contributed by atoms with Gasteiger partial charge in [-0.3, -0.25) is 4.79 Å². The smallest absolute Gasteiger partial charge is 0.247 e. The number of nitrogens with zero attached hydrogens (tertiary/aromatic N) is 2. The van der Waals surface area contributed by atoms with Gasteiger partial charge in [-0.05, 0) is 73.9 Å². The monoisotopic (exact) mass is 445 g/mol. The first-order chi connectivity index (χ1) is 15.9. The summed E-state index contributed by atoms with van der Waals surface area (Å²) in [6, 6.07) is 15.3. The van der Waals surface area contributed by atoms with Crippen LogP contribution in [0.15, 0.2) is 54.6 Å². The first-order valence-electron chi connectivity index (χ1n) is 10.8. The third-order valence-corrected chi connectivity index (χ3v) is 6.06. The van der Waals surface area contributed by atoms with Crippen molar-refractivity contribution in [3.63, 3.8) is 0 Å². The van der Waals surface area contributed by atoms with E-state index in [0.29, 0.717) is 23.6 Å². The van der Waals surface area contributed by atoms with Gasteiger partial charge >= 0.3 is 0 Å². The van der Waals surface area contributed by atoms with Crippen LogP contribution in [0.2, 0.25) is 0 Å². The van der Waals surface area contributed by atoms with Gasteiger partial charge in [0.25, 0.3) is 0 Å². The lowest BCUT2D eigenvalue weighted by atomic mass is 10.1. The van der Waals surface area contributed by atoms with E-state index in [-0.39, 0.29) is 18.5 Å². The average Bonchev–Trinajstić information content (AvgIpc) is 3.39. The number of ether oxygens (including phenoxy) is 2. The van der Waals surface area contributed by atoms with Crippen molar-refractivity contribution in [1.29, 1.82) is 0 Å². The van der Waals surface area contributed by atoms with Gasteiger partial charge in [-0.15, -0.1) is 0 Å². The van der Waals surface area contributed by atoms with E-state index in [1.54, 1.807) is 30.3 Å². The lowest BCUT2D eigenvalue weighted by Gasteiger charge is -2.18. The summed E-state index contributed by atoms with van der Waals surface area (Å²) < 4.78 is 26.1. The number of hydrogen-bond donors (Lipinski definition) is 1. The second kappa shape index (κ2) is 8.24. The van der Waals surface area contributed by atoms with Crippen LogP contribution in [0.1, 0.15) is 35.5 Å². The number of rotatable bonds is 5. The molecule has 0 saturated heterocycles. The summed E-state index contributed by atoms with van der Waals surface area (Å²) in [5.41, 5.74) is 5.54. The summed E-state index contributed by atoms with van der Waals surface area (Å²) in [4.78, 5) is 18.1. The number of imidazole rings is 1. The highest BCUT2D eigenvalue weighted by Gasteiger charge is 2.23. The van der Waals surface area contributed by atoms with Crippen molar-refractivity contribution >= 4 is 22.6 Å². The molecule has 0 fully saturated rings. The van der Waals surface area contributed by atoms with E-state index in [2.05, 4.69) is 11.4 Å². The average molecular weight is 445 g/mol. The van der Waals surface area contributed by atoms with Gasteiger partial charge in [-0.1, -0.05) is 12.1 Å². The van der Waals surface area contributed by atoms with Crippen molar-refractivity contribution < 1.29 is 18.7 Å². The summed E-state index contributed by atoms with van der Waals surface area (Å²) >= 11 is 0. The summed E-state index contributed by atoms with van der Waals surface area (Å²) in [5, 5.41) is 2.98. The van der Waals surface area contributed by atoms with E-state index in [1.165, 1.54) is 12.1 Å². The molecule has 0 bridgehead atoms. The van der Waals surface area contributed by atoms with Gasteiger partial charge in [0, 0.05) is 18.2 Å². The summed E-state index contributed by atoms with van der Waals surface area (Å²) in [6.45, 7) is 6.12. The molecule has 1 aliphatic rings. The minimum atomic E-state index is -0.530. The zero-order valence-electron chi connectivity index (χ0n) is 18.7. The number of amides is 1. The maximum Gasteiger partial charge on any atom is 0.247 e. The molecule has 2 heterocycles. The van der Waals surface area contributed by atoms with Gasteiger partial charge in [0.05, 0.1) is 11.0 Å². The van der Waals surface area contributed by atoms with Crippen LogP contribution < -0.4 is 14.8 Å². The fraction of sp³-hybridized carbons (Fsp3) is 0.231. The summed E-state index contributed by atoms with van der Waals surface area (Å²) in [6.07, 6.45) is 0.481. The molecule has 5 rings (SSSR count). The lowest BCUT2D eigenvalue weighted by molar-refractivity contribution is -0.118. The standard InChI is InChI=1S/C26H24FN3O3/c1-15-10-21-22(11-16(15)2)30(25(29-21)12-18-4-6-19(27)7-5-18)17(3)26(31)28-20-8-9-23-24(13-20)33-14-32-23/h4-11,13,17H,12,14H2,1-3H3,(H,28,31)/t17-/m1/s1. The highest BCUT2D eigenvalue weighted by Crippen LogP contribution is 2.34. The zero-order chi connectivity index (χ0) is 23.1. The maximum atomic E-state index is 13.4. The molecule has 1 N–H and O–H groups in total. The Kier molecular flexibility index (Phi) is 5.24. The number of anilines is 1. The molecule has 7 heteroatoms. The molecule has 0 unspecified atom stereocenters. The Hall–Kier alpha value is -3.87. The van der Waals surface area contributed by atoms with Crippen molar-refractivity contribution in [2.75, 3.05) is 12.1 Å². The van der Waals surface area contributed by atoms with E-state index < -0.39 is 6.04 Å². The molecule has 0 aliphatic carbocycles. The summed E-state index contributed by atoms with van der Waals surface area (Å²) in [7, 11) is 0. The first-order valence-corrected chi connectivity index (χ1v) is 10.8. The fourth-order valence-corrected chi connectivity index (χ4v) is 4.08. The van der Waals surface area contributed by atoms with Crippen LogP contribution in [-0.2, 0) is 11.2 Å². The largest absolute Gasteiger partial charge is 0.454 e. The normalized spacial score (nSPS) is 13.3. The Morgan fingerprint density at radius 3 is 2.58 bits per heavy atom. The van der Waals surface area contributed by atoms with Crippen LogP contribution in [0.25, 0.3) is 11.0 Å². The Balaban J connectivity index is 1.50. The molecule has 33 heavy (non-hydrogen) atoms. The Morgan fingerprint density at radius 1 is 1.06 bits per heavy atom. The van der Waals surface area contributed by atoms with Gasteiger partial charge in [-0.2, -0.15) is 0 Å². The lowest BCUT2D eigenvalue weighted by Crippen LogP contribution is -2.25. The molecule has 6 nitrogen and oxygen atoms in total. The highest BCUT2D eigenvalue weighted by molar-refractivity contribution is 5.95. The molecule has 3 aromatic carbocycles. The molecular formula is C26H24FN3O3. The Labute approximate surface area is 191 Å². The Morgan fingerprint density at radius 2 is 1.79 bits per heavy atom. The minimum absolute atomic E-state index is 0.174. The maximum absolute atomic E-state index is 13.4. The Bertz CT molecular complexity index is 1360. The van der Waals surface area contributed by atoms with Crippen LogP contribution in [0, 0.1) is 19.7 Å². The second-order valence-electron chi connectivity index (χ2n) is 8.36. The first kappa shape index (κ1) is 21.0. The molecule has 1 aromatic heterocycles. The predicted molar refractivity (Wildman–Crippen MR) is 124 cm³/mol. The van der Waals surface area contributed by atoms with Gasteiger partial charge in [-0.25, -0.2) is 9.37 Å². The number of aryl methyl sites for hydroxylation is 2. The molecule has 4 aromatic rings. The van der Waals surface area contributed by atoms with Crippen LogP contribution in [0.4, 0.5) is 10.1 Å². The highest BCUT2D eigenvalue weighted by atomic mass is 19.1. The molecule has 1 atom stereocenters. The van der Waals surface area contributed by atoms with E-state index in [9.17, 15) is 9.18 Å². The third kappa shape index (κ3) is 4.02. The van der Waals surface area contributed by atoms with Crippen molar-refractivity contribution in [3.8, 4) is 11.5 Å². The number of hydrogen-bond acceptors (Lipinski definition) is 4. The number of carbonyl (C=O) groups excluding carboxylic acids is 1. The van der Waals surface area contributed by atoms with Crippen molar-refractivity contribution in [2.45, 2.75) is 33.2 Å². The number of aromatic nitrogens is 2. The van der Waals surface area contributed by atoms with Crippen LogP contribution in [0.3, 0.4) is 0 Å². The third-order valence-electron chi connectivity index (χ3n) is 6.06. The van der Waals surface area contributed by atoms with Crippen molar-refractivity contribution in [1.82, 2.24) is 9.55 Å². The molecule has 168 valence electrons. The van der Waals surface area contributed by atoms with E-state index in [1.807, 2.05) is 31.4 Å². The van der Waals surface area contributed by atoms with Crippen LogP contribution in [0.5, 0.6) is 11.5 Å². The van der Waals surface area contributed by atoms with Gasteiger partial charge in [0.1, 0.15) is 17.7 Å². The molecule has 0 spiro atoms. The van der Waals surface area contributed by atoms with Crippen molar-refractivity contribution in [2.24, 2.45) is 0 Å². The quantitative estimate of drug-likeness (QED) is 0.452. The zero-order valence-corrected chi connectivity index (χ0v) is 18.7. The minimum Gasteiger partial charge on any atom is -0.454 e. The van der Waals surface area contributed by atoms with Gasteiger partial charge in [0.2, 0.25) is 12.7 Å². The number of fused-ring (bicyclic) bond motifs is 2. The van der Waals surface area contributed by atoms with E-state index >= 15 is 0 Å². The van der Waals surface area contributed by atoms with E-state index in [4.69, 9.17) is 14.5 Å².